The topological polar surface area (TPSA) is 174 Å². The number of amides is 1. The summed E-state index contributed by atoms with van der Waals surface area (Å²) in [7, 11) is 1.57. The minimum absolute atomic E-state index is 0.0336. The second-order valence-electron chi connectivity index (χ2n) is 12.6. The van der Waals surface area contributed by atoms with Gasteiger partial charge in [-0.2, -0.15) is 15.3 Å². The molecule has 6 rings (SSSR count). The van der Waals surface area contributed by atoms with Gasteiger partial charge < -0.3 is 20.5 Å². The minimum Gasteiger partial charge on any atom is -0.389 e. The quantitative estimate of drug-likeness (QED) is 0.176. The molecule has 0 radical (unpaired) electrons. The molecule has 1 fully saturated rings. The molecule has 1 aliphatic rings. The average molecular weight is 632 g/mol. The van der Waals surface area contributed by atoms with Crippen molar-refractivity contribution in [2.45, 2.75) is 83.1 Å². The number of nitrogens with zero attached hydrogens (tertiary/aromatic N) is 8. The zero-order chi connectivity index (χ0) is 32.6. The maximum absolute atomic E-state index is 13.6. The Labute approximate surface area is 264 Å². The molecule has 1 saturated carbocycles. The van der Waals surface area contributed by atoms with Gasteiger partial charge in [-0.15, -0.1) is 0 Å². The first-order valence-electron chi connectivity index (χ1n) is 15.2. The Morgan fingerprint density at radius 2 is 2.00 bits per heavy atom. The summed E-state index contributed by atoms with van der Waals surface area (Å²) in [6, 6.07) is 5.10. The van der Waals surface area contributed by atoms with Crippen LogP contribution in [-0.4, -0.2) is 74.0 Å². The van der Waals surface area contributed by atoms with Gasteiger partial charge in [0.1, 0.15) is 17.2 Å². The standard InChI is InChI=1S/C31H38FN11O3/c1-18-12-24(41-40-18)37-27-23-15-35-43(17-30(3,4)45)28(23)39-26(38-27)20-8-10-31(46-5,11-9-20)29(44)36-19(2)21-6-7-25(33-13-21)42-16-22(32)14-34-42/h6-7,12-16,19-20,45H,8-11,17H2,1-5H3,(H,36,44)(H2,37,38,39,40,41)/t19-,20?,31?/m0/s1. The summed E-state index contributed by atoms with van der Waals surface area (Å²) in [6.45, 7) is 7.50. The van der Waals surface area contributed by atoms with Gasteiger partial charge >= 0.3 is 0 Å². The van der Waals surface area contributed by atoms with E-state index in [4.69, 9.17) is 14.7 Å². The lowest BCUT2D eigenvalue weighted by atomic mass is 9.77. The number of carbonyl (C=O) groups excluding carboxylic acids is 1. The molecule has 46 heavy (non-hydrogen) atoms. The molecule has 0 bridgehead atoms. The van der Waals surface area contributed by atoms with Crippen molar-refractivity contribution in [3.8, 4) is 5.82 Å². The van der Waals surface area contributed by atoms with E-state index in [9.17, 15) is 14.3 Å². The third-order valence-electron chi connectivity index (χ3n) is 8.37. The second-order valence-corrected chi connectivity index (χ2v) is 12.6. The molecule has 14 nitrogen and oxygen atoms in total. The van der Waals surface area contributed by atoms with Crippen molar-refractivity contribution in [3.63, 3.8) is 0 Å². The van der Waals surface area contributed by atoms with Crippen LogP contribution in [0.5, 0.6) is 0 Å². The highest BCUT2D eigenvalue weighted by molar-refractivity contribution is 5.88. The smallest absolute Gasteiger partial charge is 0.252 e. The number of aromatic nitrogens is 9. The molecule has 1 aliphatic carbocycles. The molecule has 0 unspecified atom stereocenters. The highest BCUT2D eigenvalue weighted by Gasteiger charge is 2.43. The molecule has 1 atom stereocenters. The van der Waals surface area contributed by atoms with E-state index in [2.05, 4.69) is 36.0 Å². The lowest BCUT2D eigenvalue weighted by Crippen LogP contribution is -2.50. The number of anilines is 2. The molecule has 0 aromatic carbocycles. The number of hydrogen-bond donors (Lipinski definition) is 4. The number of carbonyl (C=O) groups is 1. The Morgan fingerprint density at radius 1 is 1.22 bits per heavy atom. The van der Waals surface area contributed by atoms with Gasteiger partial charge in [-0.1, -0.05) is 6.07 Å². The van der Waals surface area contributed by atoms with Gasteiger partial charge in [0, 0.05) is 31.0 Å². The van der Waals surface area contributed by atoms with Crippen molar-refractivity contribution in [2.24, 2.45) is 0 Å². The number of pyridine rings is 1. The summed E-state index contributed by atoms with van der Waals surface area (Å²) in [4.78, 5) is 27.8. The maximum atomic E-state index is 13.6. The van der Waals surface area contributed by atoms with E-state index in [-0.39, 0.29) is 24.4 Å². The molecule has 15 heteroatoms. The van der Waals surface area contributed by atoms with Gasteiger partial charge in [-0.25, -0.2) is 28.7 Å². The summed E-state index contributed by atoms with van der Waals surface area (Å²) in [5, 5.41) is 33.3. The second kappa shape index (κ2) is 12.2. The zero-order valence-electron chi connectivity index (χ0n) is 26.5. The summed E-state index contributed by atoms with van der Waals surface area (Å²) in [5.74, 6) is 1.61. The summed E-state index contributed by atoms with van der Waals surface area (Å²) >= 11 is 0. The number of halogens is 1. The fourth-order valence-corrected chi connectivity index (χ4v) is 5.83. The first kappa shape index (κ1) is 31.2. The number of rotatable bonds is 10. The Hall–Kier alpha value is -4.76. The number of ether oxygens (including phenoxy) is 1. The van der Waals surface area contributed by atoms with E-state index in [1.165, 1.54) is 10.9 Å². The van der Waals surface area contributed by atoms with Crippen molar-refractivity contribution >= 4 is 28.6 Å². The van der Waals surface area contributed by atoms with Crippen molar-refractivity contribution < 1.29 is 19.0 Å². The van der Waals surface area contributed by atoms with Crippen molar-refractivity contribution in [3.05, 3.63) is 65.9 Å². The number of methoxy groups -OCH3 is 1. The predicted molar refractivity (Wildman–Crippen MR) is 167 cm³/mol. The molecular formula is C31H38FN11O3. The van der Waals surface area contributed by atoms with Crippen molar-refractivity contribution in [1.29, 1.82) is 0 Å². The molecule has 1 amide bonds. The Morgan fingerprint density at radius 3 is 2.61 bits per heavy atom. The highest BCUT2D eigenvalue weighted by Crippen LogP contribution is 2.40. The van der Waals surface area contributed by atoms with Gasteiger partial charge in [-0.05, 0) is 65.0 Å². The summed E-state index contributed by atoms with van der Waals surface area (Å²) < 4.78 is 22.3. The summed E-state index contributed by atoms with van der Waals surface area (Å²) in [5.41, 5.74) is 0.295. The lowest BCUT2D eigenvalue weighted by Gasteiger charge is -2.38. The number of H-pyrrole nitrogens is 1. The SMILES string of the molecule is COC1(C(=O)N[C@@H](C)c2ccc(-n3cc(F)cn3)nc2)CCC(c2nc(Nc3cc(C)[nH]n3)c3cnn(CC(C)(C)O)c3n2)CC1. The van der Waals surface area contributed by atoms with E-state index in [0.717, 1.165) is 17.5 Å². The largest absolute Gasteiger partial charge is 0.389 e. The van der Waals surface area contributed by atoms with Crippen LogP contribution < -0.4 is 10.6 Å². The Balaban J connectivity index is 1.18. The molecular weight excluding hydrogens is 593 g/mol. The lowest BCUT2D eigenvalue weighted by molar-refractivity contribution is -0.148. The van der Waals surface area contributed by atoms with Crippen molar-refractivity contribution in [2.75, 3.05) is 12.4 Å². The third-order valence-corrected chi connectivity index (χ3v) is 8.37. The van der Waals surface area contributed by atoms with Crippen LogP contribution in [0.15, 0.2) is 43.0 Å². The number of aryl methyl sites for hydroxylation is 1. The van der Waals surface area contributed by atoms with Crippen LogP contribution in [0, 0.1) is 12.7 Å². The van der Waals surface area contributed by atoms with Crippen molar-refractivity contribution in [1.82, 2.24) is 50.0 Å². The number of nitrogens with one attached hydrogen (secondary N) is 3. The number of aromatic amines is 1. The van der Waals surface area contributed by atoms with Gasteiger partial charge in [-0.3, -0.25) is 9.89 Å². The number of fused-ring (bicyclic) bond motifs is 1. The van der Waals surface area contributed by atoms with Gasteiger partial charge in [0.15, 0.2) is 23.1 Å². The van der Waals surface area contributed by atoms with Crippen LogP contribution in [0.2, 0.25) is 0 Å². The van der Waals surface area contributed by atoms with Crippen LogP contribution >= 0.6 is 0 Å². The first-order chi connectivity index (χ1) is 21.9. The van der Waals surface area contributed by atoms with Gasteiger partial charge in [0.2, 0.25) is 0 Å². The number of aliphatic hydroxyl groups is 1. The maximum Gasteiger partial charge on any atom is 0.252 e. The molecule has 5 heterocycles. The van der Waals surface area contributed by atoms with E-state index in [1.807, 2.05) is 26.0 Å². The molecule has 5 aromatic heterocycles. The molecule has 4 N–H and O–H groups in total. The van der Waals surface area contributed by atoms with Gasteiger partial charge in [0.25, 0.3) is 5.91 Å². The van der Waals surface area contributed by atoms with Crippen LogP contribution in [0.1, 0.15) is 75.5 Å². The molecule has 5 aromatic rings. The highest BCUT2D eigenvalue weighted by atomic mass is 19.1. The fourth-order valence-electron chi connectivity index (χ4n) is 5.83. The molecule has 0 saturated heterocycles. The fraction of sp³-hybridized carbons (Fsp3) is 0.452. The van der Waals surface area contributed by atoms with E-state index in [1.54, 1.807) is 44.1 Å². The average Bonchev–Trinajstić information content (AvgIpc) is 3.76. The predicted octanol–water partition coefficient (Wildman–Crippen LogP) is 4.01. The van der Waals surface area contributed by atoms with Crippen LogP contribution in [0.4, 0.5) is 16.0 Å². The zero-order valence-corrected chi connectivity index (χ0v) is 26.5. The Bertz CT molecular complexity index is 1830. The molecule has 0 spiro atoms. The third kappa shape index (κ3) is 6.46. The van der Waals surface area contributed by atoms with Crippen LogP contribution in [-0.2, 0) is 16.1 Å². The Kier molecular flexibility index (Phi) is 8.29. The minimum atomic E-state index is -1.01. The number of hydrogen-bond acceptors (Lipinski definition) is 10. The van der Waals surface area contributed by atoms with E-state index < -0.39 is 17.0 Å². The molecule has 242 valence electrons. The summed E-state index contributed by atoms with van der Waals surface area (Å²) in [6.07, 6.45) is 7.89. The molecule has 0 aliphatic heterocycles. The first-order valence-corrected chi connectivity index (χ1v) is 15.2. The van der Waals surface area contributed by atoms with E-state index in [0.29, 0.717) is 60.0 Å². The normalized spacial score (nSPS) is 19.3. The monoisotopic (exact) mass is 631 g/mol. The van der Waals surface area contributed by atoms with Gasteiger partial charge in [0.05, 0.1) is 42.2 Å². The van der Waals surface area contributed by atoms with Crippen LogP contribution in [0.3, 0.4) is 0 Å². The van der Waals surface area contributed by atoms with Crippen LogP contribution in [0.25, 0.3) is 16.9 Å². The van der Waals surface area contributed by atoms with E-state index >= 15 is 0 Å².